The topological polar surface area (TPSA) is 347 Å². The average Bonchev–Trinajstić information content (AvgIpc) is 3.27. The summed E-state index contributed by atoms with van der Waals surface area (Å²) in [7, 11) is 0. The summed E-state index contributed by atoms with van der Waals surface area (Å²) >= 11 is 0. The second-order valence-electron chi connectivity index (χ2n) is 11.2. The number of hydrogen-bond acceptors (Lipinski definition) is 19. The van der Waals surface area contributed by atoms with Crippen LogP contribution in [0.4, 0.5) is 0 Å². The smallest absolute Gasteiger partial charge is 0.187 e. The van der Waals surface area contributed by atoms with E-state index in [0.29, 0.717) is 0 Å². The van der Waals surface area contributed by atoms with E-state index in [1.165, 1.54) is 0 Å². The zero-order chi connectivity index (χ0) is 31.0. The first-order valence-electron chi connectivity index (χ1n) is 13.8. The van der Waals surface area contributed by atoms with Crippen LogP contribution in [0, 0.1) is 0 Å². The molecule has 42 heavy (non-hydrogen) atoms. The van der Waals surface area contributed by atoms with Crippen LogP contribution >= 0.6 is 0 Å². The summed E-state index contributed by atoms with van der Waals surface area (Å²) in [5, 5.41) is 82.3. The summed E-state index contributed by atoms with van der Waals surface area (Å²) in [5.74, 6) is 0. The molecule has 19 atom stereocenters. The highest BCUT2D eigenvalue weighted by molar-refractivity contribution is 5.02. The van der Waals surface area contributed by atoms with E-state index in [2.05, 4.69) is 0 Å². The van der Waals surface area contributed by atoms with Crippen molar-refractivity contribution in [1.82, 2.24) is 0 Å². The van der Waals surface area contributed by atoms with Crippen molar-refractivity contribution in [3.8, 4) is 0 Å². The van der Waals surface area contributed by atoms with E-state index in [1.54, 1.807) is 0 Å². The van der Waals surface area contributed by atoms with E-state index in [1.807, 2.05) is 0 Å². The normalized spacial score (nSPS) is 53.8. The summed E-state index contributed by atoms with van der Waals surface area (Å²) in [5.41, 5.74) is 29.9. The van der Waals surface area contributed by atoms with Gasteiger partial charge in [0.05, 0.1) is 31.4 Å². The van der Waals surface area contributed by atoms with Gasteiger partial charge in [-0.3, -0.25) is 0 Å². The van der Waals surface area contributed by atoms with Crippen molar-refractivity contribution in [2.75, 3.05) is 19.8 Å². The second kappa shape index (κ2) is 14.1. The average molecular weight is 616 g/mol. The van der Waals surface area contributed by atoms with E-state index >= 15 is 0 Å². The van der Waals surface area contributed by atoms with E-state index in [4.69, 9.17) is 57.1 Å². The highest BCUT2D eigenvalue weighted by atomic mass is 16.8. The predicted octanol–water partition coefficient (Wildman–Crippen LogP) is -8.86. The van der Waals surface area contributed by atoms with Gasteiger partial charge in [0, 0.05) is 18.6 Å². The van der Waals surface area contributed by atoms with Gasteiger partial charge >= 0.3 is 0 Å². The molecule has 3 heterocycles. The molecule has 1 aliphatic carbocycles. The first kappa shape index (κ1) is 34.1. The second-order valence-corrected chi connectivity index (χ2v) is 11.2. The van der Waals surface area contributed by atoms with Gasteiger partial charge in [0.2, 0.25) is 0 Å². The maximum Gasteiger partial charge on any atom is 0.187 e. The molecule has 0 amide bonds. The van der Waals surface area contributed by atoms with Crippen molar-refractivity contribution in [3.05, 3.63) is 0 Å². The molecular weight excluding hydrogens is 570 g/mol. The number of nitrogens with two attached hydrogens (primary N) is 5. The van der Waals surface area contributed by atoms with Crippen LogP contribution in [0.5, 0.6) is 0 Å². The summed E-state index contributed by atoms with van der Waals surface area (Å²) < 4.78 is 34.4. The molecule has 4 aliphatic rings. The van der Waals surface area contributed by atoms with Crippen molar-refractivity contribution in [2.45, 2.75) is 123 Å². The third-order valence-corrected chi connectivity index (χ3v) is 8.32. The number of ether oxygens (including phenoxy) is 6. The van der Waals surface area contributed by atoms with Gasteiger partial charge in [-0.1, -0.05) is 0 Å². The Hall–Kier alpha value is -0.760. The van der Waals surface area contributed by atoms with Crippen LogP contribution in [0.1, 0.15) is 6.42 Å². The van der Waals surface area contributed by atoms with Crippen LogP contribution < -0.4 is 28.7 Å². The van der Waals surface area contributed by atoms with Crippen molar-refractivity contribution in [2.24, 2.45) is 28.7 Å². The molecular formula is C23H45N5O14. The van der Waals surface area contributed by atoms with Crippen molar-refractivity contribution >= 4 is 0 Å². The number of hydrogen-bond donors (Lipinski definition) is 13. The van der Waals surface area contributed by atoms with E-state index < -0.39 is 129 Å². The predicted molar refractivity (Wildman–Crippen MR) is 136 cm³/mol. The molecule has 3 saturated heterocycles. The van der Waals surface area contributed by atoms with Gasteiger partial charge in [-0.05, 0) is 6.42 Å². The molecule has 3 aliphatic heterocycles. The molecule has 4 fully saturated rings. The molecule has 4 rings (SSSR count). The zero-order valence-corrected chi connectivity index (χ0v) is 22.7. The first-order valence-corrected chi connectivity index (χ1v) is 13.8. The zero-order valence-electron chi connectivity index (χ0n) is 22.7. The number of aliphatic hydroxyl groups is 8. The van der Waals surface area contributed by atoms with E-state index in [0.717, 1.165) is 0 Å². The van der Waals surface area contributed by atoms with Gasteiger partial charge in [0.1, 0.15) is 67.1 Å². The largest absolute Gasteiger partial charge is 0.394 e. The van der Waals surface area contributed by atoms with E-state index in [-0.39, 0.29) is 13.0 Å². The molecule has 0 aromatic heterocycles. The van der Waals surface area contributed by atoms with Gasteiger partial charge in [-0.15, -0.1) is 0 Å². The lowest BCUT2D eigenvalue weighted by Crippen LogP contribution is -2.68. The van der Waals surface area contributed by atoms with Gasteiger partial charge < -0.3 is 97.9 Å². The molecule has 0 aromatic rings. The van der Waals surface area contributed by atoms with Gasteiger partial charge in [0.15, 0.2) is 18.9 Å². The molecule has 19 heteroatoms. The Morgan fingerprint density at radius 2 is 1.00 bits per heavy atom. The molecule has 0 aromatic carbocycles. The highest BCUT2D eigenvalue weighted by Gasteiger charge is 2.54. The molecule has 1 saturated carbocycles. The van der Waals surface area contributed by atoms with Crippen LogP contribution in [-0.2, 0) is 28.4 Å². The fourth-order valence-corrected chi connectivity index (χ4v) is 5.70. The molecule has 0 spiro atoms. The number of aliphatic hydroxyl groups excluding tert-OH is 8. The van der Waals surface area contributed by atoms with Crippen LogP contribution in [-0.4, -0.2) is 177 Å². The molecule has 0 bridgehead atoms. The van der Waals surface area contributed by atoms with Crippen molar-refractivity contribution < 1.29 is 69.3 Å². The third-order valence-electron chi connectivity index (χ3n) is 8.32. The fourth-order valence-electron chi connectivity index (χ4n) is 5.70. The number of rotatable bonds is 9. The Labute approximate surface area is 240 Å². The molecule has 0 radical (unpaired) electrons. The van der Waals surface area contributed by atoms with Gasteiger partial charge in [0.25, 0.3) is 0 Å². The summed E-state index contributed by atoms with van der Waals surface area (Å²) in [6.07, 6.45) is -20.5. The lowest BCUT2D eigenvalue weighted by atomic mass is 9.84. The van der Waals surface area contributed by atoms with Crippen LogP contribution in [0.2, 0.25) is 0 Å². The first-order chi connectivity index (χ1) is 19.8. The summed E-state index contributed by atoms with van der Waals surface area (Å²) in [4.78, 5) is 0. The lowest BCUT2D eigenvalue weighted by Gasteiger charge is -2.47. The fraction of sp³-hybridized carbons (Fsp3) is 1.00. The minimum absolute atomic E-state index is 0.0642. The molecule has 18 N–H and O–H groups in total. The highest BCUT2D eigenvalue weighted by Crippen LogP contribution is 2.34. The minimum Gasteiger partial charge on any atom is -0.394 e. The van der Waals surface area contributed by atoms with Crippen molar-refractivity contribution in [1.29, 1.82) is 0 Å². The lowest BCUT2D eigenvalue weighted by molar-refractivity contribution is -0.310. The summed E-state index contributed by atoms with van der Waals surface area (Å²) in [6, 6.07) is -4.30. The van der Waals surface area contributed by atoms with Gasteiger partial charge in [-0.25, -0.2) is 0 Å². The quantitative estimate of drug-likeness (QED) is 0.114. The summed E-state index contributed by atoms with van der Waals surface area (Å²) in [6.45, 7) is -1.49. The van der Waals surface area contributed by atoms with E-state index in [9.17, 15) is 40.9 Å². The third kappa shape index (κ3) is 6.60. The van der Waals surface area contributed by atoms with Crippen LogP contribution in [0.15, 0.2) is 0 Å². The monoisotopic (exact) mass is 615 g/mol. The standard InChI is InChI=1S/C23H45N5O14/c24-2-7-13(32)15(34)10(27)21(37-7)41-19-9(4-30)39-23(17(19)36)42-20-12(31)5(25)1-6(26)18(20)40-22-11(28)16(35)14(33)8(3-29)38-22/h5-23,29-36H,1-4,24-28H2/t5-,6?,7?,8?,9-,10+,11+,12-,13-,14-,15?,16?,17+,18-,19?,20?,21+,22-,23+/m1/s1. The Bertz CT molecular complexity index is 866. The Kier molecular flexibility index (Phi) is 11.5. The van der Waals surface area contributed by atoms with Crippen LogP contribution in [0.25, 0.3) is 0 Å². The Morgan fingerprint density at radius 3 is 1.55 bits per heavy atom. The minimum atomic E-state index is -1.62. The van der Waals surface area contributed by atoms with Crippen LogP contribution in [0.3, 0.4) is 0 Å². The molecule has 19 nitrogen and oxygen atoms in total. The molecule has 7 unspecified atom stereocenters. The Morgan fingerprint density at radius 1 is 0.524 bits per heavy atom. The Balaban J connectivity index is 1.50. The molecule has 246 valence electrons. The maximum atomic E-state index is 11.1. The SMILES string of the molecule is NCC1O[C@@H](OC2[C@@H](CO)O[C@@H](OC3[C@H](O[C@H]4OC(CO)[C@@H](O)C(O)[C@@H]4N)C(N)C[C@@H](N)[C@H]3O)[C@H]2O)[C@@H](N)C(O)[C@@H]1O. The van der Waals surface area contributed by atoms with Gasteiger partial charge in [-0.2, -0.15) is 0 Å². The van der Waals surface area contributed by atoms with Crippen molar-refractivity contribution in [3.63, 3.8) is 0 Å². The maximum absolute atomic E-state index is 11.1.